The van der Waals surface area contributed by atoms with Gasteiger partial charge in [0.25, 0.3) is 0 Å². The van der Waals surface area contributed by atoms with E-state index in [1.165, 1.54) is 161 Å². The van der Waals surface area contributed by atoms with Gasteiger partial charge in [0.15, 0.2) is 0 Å². The molecule has 0 aliphatic heterocycles. The van der Waals surface area contributed by atoms with Crippen LogP contribution in [-0.4, -0.2) is 30.6 Å². The van der Waals surface area contributed by atoms with Crippen LogP contribution >= 0.6 is 0 Å². The predicted octanol–water partition coefficient (Wildman–Crippen LogP) is 11.7. The molecule has 0 aliphatic rings. The van der Waals surface area contributed by atoms with E-state index in [4.69, 9.17) is 9.84 Å². The highest BCUT2D eigenvalue weighted by molar-refractivity contribution is 5.69. The summed E-state index contributed by atoms with van der Waals surface area (Å²) in [5.41, 5.74) is 0. The summed E-state index contributed by atoms with van der Waals surface area (Å²) in [6.45, 7) is 4.65. The first-order valence-corrected chi connectivity index (χ1v) is 18.9. The van der Waals surface area contributed by atoms with Crippen LogP contribution in [0.1, 0.15) is 206 Å². The van der Waals surface area contributed by atoms with Crippen molar-refractivity contribution in [2.24, 2.45) is 11.8 Å². The van der Waals surface area contributed by atoms with Crippen molar-refractivity contribution in [1.29, 1.82) is 0 Å². The van der Waals surface area contributed by atoms with Crippen molar-refractivity contribution < 1.29 is 19.4 Å². The number of aldehydes is 1. The number of carbonyl (C=O) groups excluding carboxylic acids is 2. The Bertz CT molecular complexity index is 549. The Morgan fingerprint density at radius 2 is 0.905 bits per heavy atom. The summed E-state index contributed by atoms with van der Waals surface area (Å²) in [7, 11) is 0. The first kappa shape index (κ1) is 41.1. The number of carbonyl (C=O) groups is 2. The highest BCUT2D eigenvalue weighted by Crippen LogP contribution is 2.33. The van der Waals surface area contributed by atoms with Crippen molar-refractivity contribution in [2.45, 2.75) is 206 Å². The molecular formula is C38H74O4. The van der Waals surface area contributed by atoms with Gasteiger partial charge >= 0.3 is 5.97 Å². The van der Waals surface area contributed by atoms with Gasteiger partial charge in [0.1, 0.15) is 12.9 Å². The van der Waals surface area contributed by atoms with E-state index in [9.17, 15) is 9.59 Å². The highest BCUT2D eigenvalue weighted by Gasteiger charge is 2.20. The molecule has 4 heteroatoms. The lowest BCUT2D eigenvalue weighted by atomic mass is 9.78. The van der Waals surface area contributed by atoms with Crippen molar-refractivity contribution in [3.63, 3.8) is 0 Å². The molecule has 0 aliphatic carbocycles. The molecule has 0 heterocycles. The highest BCUT2D eigenvalue weighted by atomic mass is 16.5. The van der Waals surface area contributed by atoms with Gasteiger partial charge in [0.05, 0.1) is 6.61 Å². The molecule has 2 unspecified atom stereocenters. The number of aliphatic hydroxyl groups is 1. The molecular weight excluding hydrogens is 520 g/mol. The van der Waals surface area contributed by atoms with Crippen LogP contribution in [0.25, 0.3) is 0 Å². The summed E-state index contributed by atoms with van der Waals surface area (Å²) in [5.74, 6) is 1.64. The number of esters is 1. The lowest BCUT2D eigenvalue weighted by Gasteiger charge is -2.28. The van der Waals surface area contributed by atoms with Crippen LogP contribution in [0.3, 0.4) is 0 Å². The molecule has 42 heavy (non-hydrogen) atoms. The van der Waals surface area contributed by atoms with Gasteiger partial charge in [0.2, 0.25) is 0 Å². The van der Waals surface area contributed by atoms with Crippen LogP contribution in [-0.2, 0) is 14.3 Å². The van der Waals surface area contributed by atoms with Crippen LogP contribution in [0.2, 0.25) is 0 Å². The van der Waals surface area contributed by atoms with E-state index in [1.54, 1.807) is 0 Å². The summed E-state index contributed by atoms with van der Waals surface area (Å²) >= 11 is 0. The third-order valence-electron chi connectivity index (χ3n) is 9.23. The molecule has 2 atom stereocenters. The monoisotopic (exact) mass is 595 g/mol. The Morgan fingerprint density at radius 1 is 0.548 bits per heavy atom. The first-order chi connectivity index (χ1) is 20.7. The zero-order valence-electron chi connectivity index (χ0n) is 28.5. The molecule has 0 saturated carbocycles. The molecule has 0 rings (SSSR count). The van der Waals surface area contributed by atoms with Gasteiger partial charge in [-0.25, -0.2) is 0 Å². The van der Waals surface area contributed by atoms with Crippen LogP contribution < -0.4 is 0 Å². The lowest BCUT2D eigenvalue weighted by molar-refractivity contribution is -0.144. The molecule has 4 nitrogen and oxygen atoms in total. The first-order valence-electron chi connectivity index (χ1n) is 18.9. The fourth-order valence-corrected chi connectivity index (χ4v) is 6.56. The smallest absolute Gasteiger partial charge is 0.305 e. The number of hydrogen-bond acceptors (Lipinski definition) is 4. The normalized spacial score (nSPS) is 12.8. The predicted molar refractivity (Wildman–Crippen MR) is 181 cm³/mol. The Balaban J connectivity index is 4.69. The fraction of sp³-hybridized carbons (Fsp3) is 0.947. The van der Waals surface area contributed by atoms with E-state index in [0.29, 0.717) is 6.42 Å². The average Bonchev–Trinajstić information content (AvgIpc) is 3.00. The van der Waals surface area contributed by atoms with E-state index in [1.807, 2.05) is 0 Å². The summed E-state index contributed by atoms with van der Waals surface area (Å²) in [6.07, 6.45) is 39.7. The maximum Gasteiger partial charge on any atom is 0.305 e. The number of unbranched alkanes of at least 4 members (excludes halogenated alkanes) is 21. The SMILES string of the molecule is CCCCCCCCC(CCCCCCCCC=O)C(CCCCCCCC)CCCCCCCCC(=O)OCCO. The standard InChI is InChI=1S/C38H74O4/c1-3-5-7-9-16-22-28-36(30-24-18-12-11-15-21-27-33-39)37(29-23-17-10-8-6-4-2)31-25-19-13-14-20-26-32-38(41)42-35-34-40/h33,36-37,40H,3-32,34-35H2,1-2H3. The Morgan fingerprint density at radius 3 is 1.29 bits per heavy atom. The average molecular weight is 595 g/mol. The van der Waals surface area contributed by atoms with Crippen LogP contribution in [0.4, 0.5) is 0 Å². The van der Waals surface area contributed by atoms with E-state index in [0.717, 1.165) is 43.8 Å². The molecule has 0 saturated heterocycles. The topological polar surface area (TPSA) is 63.6 Å². The number of ether oxygens (including phenoxy) is 1. The molecule has 0 aromatic heterocycles. The summed E-state index contributed by atoms with van der Waals surface area (Å²) in [6, 6.07) is 0. The zero-order valence-corrected chi connectivity index (χ0v) is 28.5. The second-order valence-electron chi connectivity index (χ2n) is 13.1. The zero-order chi connectivity index (χ0) is 30.8. The fourth-order valence-electron chi connectivity index (χ4n) is 6.56. The Labute approximate surface area is 262 Å². The molecule has 0 aromatic carbocycles. The molecule has 1 N–H and O–H groups in total. The number of rotatable bonds is 35. The van der Waals surface area contributed by atoms with Gasteiger partial charge in [-0.15, -0.1) is 0 Å². The van der Waals surface area contributed by atoms with Crippen molar-refractivity contribution in [3.8, 4) is 0 Å². The number of aliphatic hydroxyl groups excluding tert-OH is 1. The summed E-state index contributed by atoms with van der Waals surface area (Å²) in [4.78, 5) is 22.2. The molecule has 250 valence electrons. The summed E-state index contributed by atoms with van der Waals surface area (Å²) in [5, 5.41) is 8.77. The molecule has 0 aromatic rings. The van der Waals surface area contributed by atoms with Gasteiger partial charge in [0, 0.05) is 12.8 Å². The molecule has 0 radical (unpaired) electrons. The van der Waals surface area contributed by atoms with E-state index >= 15 is 0 Å². The van der Waals surface area contributed by atoms with Crippen molar-refractivity contribution in [2.75, 3.05) is 13.2 Å². The van der Waals surface area contributed by atoms with Gasteiger partial charge in [-0.2, -0.15) is 0 Å². The van der Waals surface area contributed by atoms with Crippen molar-refractivity contribution in [1.82, 2.24) is 0 Å². The molecule has 0 bridgehead atoms. The van der Waals surface area contributed by atoms with E-state index in [-0.39, 0.29) is 19.2 Å². The molecule has 0 fully saturated rings. The third kappa shape index (κ3) is 29.2. The van der Waals surface area contributed by atoms with E-state index in [2.05, 4.69) is 13.8 Å². The van der Waals surface area contributed by atoms with Crippen molar-refractivity contribution in [3.05, 3.63) is 0 Å². The van der Waals surface area contributed by atoms with Crippen molar-refractivity contribution >= 4 is 12.3 Å². The van der Waals surface area contributed by atoms with Gasteiger partial charge in [-0.05, 0) is 24.7 Å². The maximum absolute atomic E-state index is 11.6. The lowest BCUT2D eigenvalue weighted by Crippen LogP contribution is -2.16. The second kappa shape index (κ2) is 34.6. The minimum absolute atomic E-state index is 0.0885. The van der Waals surface area contributed by atoms with Crippen LogP contribution in [0.15, 0.2) is 0 Å². The molecule has 0 spiro atoms. The van der Waals surface area contributed by atoms with Gasteiger partial charge in [-0.3, -0.25) is 4.79 Å². The third-order valence-corrected chi connectivity index (χ3v) is 9.23. The maximum atomic E-state index is 11.6. The second-order valence-corrected chi connectivity index (χ2v) is 13.1. The Hall–Kier alpha value is -0.900. The summed E-state index contributed by atoms with van der Waals surface area (Å²) < 4.78 is 4.96. The molecule has 0 amide bonds. The van der Waals surface area contributed by atoms with Crippen LogP contribution in [0, 0.1) is 11.8 Å². The number of hydrogen-bond donors (Lipinski definition) is 1. The minimum Gasteiger partial charge on any atom is -0.463 e. The van der Waals surface area contributed by atoms with Gasteiger partial charge < -0.3 is 14.6 Å². The largest absolute Gasteiger partial charge is 0.463 e. The van der Waals surface area contributed by atoms with Crippen LogP contribution in [0.5, 0.6) is 0 Å². The quantitative estimate of drug-likeness (QED) is 0.0450. The Kier molecular flexibility index (Phi) is 33.8. The van der Waals surface area contributed by atoms with Gasteiger partial charge in [-0.1, -0.05) is 181 Å². The minimum atomic E-state index is -0.170. The van der Waals surface area contributed by atoms with E-state index < -0.39 is 0 Å².